The average molecular weight is 470 g/mol. The summed E-state index contributed by atoms with van der Waals surface area (Å²) in [6.07, 6.45) is 0. The van der Waals surface area contributed by atoms with Gasteiger partial charge in [0.1, 0.15) is 23.0 Å². The SMILES string of the molecule is Cc1ccc(Oc2ccccc2N(c2ccc(C)c(O)c2C)c2ccc(C)c(O)c2C)c(C)c1O. The van der Waals surface area contributed by atoms with Crippen LogP contribution in [0.5, 0.6) is 28.7 Å². The molecule has 0 radical (unpaired) electrons. The summed E-state index contributed by atoms with van der Waals surface area (Å²) in [6.45, 7) is 11.1. The highest BCUT2D eigenvalue weighted by molar-refractivity contribution is 5.85. The number of hydrogen-bond acceptors (Lipinski definition) is 5. The van der Waals surface area contributed by atoms with Gasteiger partial charge in [-0.2, -0.15) is 0 Å². The lowest BCUT2D eigenvalue weighted by atomic mass is 10.0. The first-order valence-electron chi connectivity index (χ1n) is 11.6. The average Bonchev–Trinajstić information content (AvgIpc) is 2.85. The molecule has 5 nitrogen and oxygen atoms in total. The van der Waals surface area contributed by atoms with Crippen molar-refractivity contribution in [2.24, 2.45) is 0 Å². The Morgan fingerprint density at radius 2 is 0.943 bits per heavy atom. The van der Waals surface area contributed by atoms with Gasteiger partial charge in [0.15, 0.2) is 5.75 Å². The third-order valence-electron chi connectivity index (χ3n) is 6.60. The minimum Gasteiger partial charge on any atom is -0.507 e. The van der Waals surface area contributed by atoms with Crippen LogP contribution in [0.3, 0.4) is 0 Å². The van der Waals surface area contributed by atoms with Crippen molar-refractivity contribution < 1.29 is 20.1 Å². The molecule has 4 aromatic rings. The van der Waals surface area contributed by atoms with Gasteiger partial charge in [-0.1, -0.05) is 30.3 Å². The molecule has 0 amide bonds. The lowest BCUT2D eigenvalue weighted by Gasteiger charge is -2.31. The van der Waals surface area contributed by atoms with Gasteiger partial charge in [0.2, 0.25) is 0 Å². The van der Waals surface area contributed by atoms with Crippen molar-refractivity contribution in [2.75, 3.05) is 4.90 Å². The number of phenolic OH excluding ortho intramolecular Hbond substituents is 3. The maximum absolute atomic E-state index is 10.8. The first-order chi connectivity index (χ1) is 16.6. The monoisotopic (exact) mass is 469 g/mol. The van der Waals surface area contributed by atoms with Gasteiger partial charge in [0.25, 0.3) is 0 Å². The third-order valence-corrected chi connectivity index (χ3v) is 6.60. The number of ether oxygens (including phenoxy) is 1. The molecule has 0 aliphatic carbocycles. The van der Waals surface area contributed by atoms with Gasteiger partial charge in [-0.05, 0) is 88.6 Å². The van der Waals surface area contributed by atoms with E-state index in [9.17, 15) is 15.3 Å². The van der Waals surface area contributed by atoms with Crippen molar-refractivity contribution >= 4 is 17.1 Å². The second-order valence-electron chi connectivity index (χ2n) is 9.01. The largest absolute Gasteiger partial charge is 0.507 e. The molecule has 0 heterocycles. The summed E-state index contributed by atoms with van der Waals surface area (Å²) >= 11 is 0. The van der Waals surface area contributed by atoms with Crippen LogP contribution >= 0.6 is 0 Å². The first kappa shape index (κ1) is 24.0. The van der Waals surface area contributed by atoms with Crippen LogP contribution in [0.15, 0.2) is 60.7 Å². The molecular formula is C30H31NO4. The smallest absolute Gasteiger partial charge is 0.151 e. The Labute approximate surface area is 206 Å². The number of hydrogen-bond donors (Lipinski definition) is 3. The van der Waals surface area contributed by atoms with Crippen molar-refractivity contribution in [1.29, 1.82) is 0 Å². The minimum absolute atomic E-state index is 0.204. The van der Waals surface area contributed by atoms with E-state index in [0.29, 0.717) is 28.2 Å². The van der Waals surface area contributed by atoms with Crippen LogP contribution in [0.2, 0.25) is 0 Å². The van der Waals surface area contributed by atoms with Gasteiger partial charge in [-0.15, -0.1) is 0 Å². The van der Waals surface area contributed by atoms with Crippen molar-refractivity contribution in [3.8, 4) is 28.7 Å². The fourth-order valence-corrected chi connectivity index (χ4v) is 4.30. The number of rotatable bonds is 5. The standard InChI is InChI=1S/C30H31NO4/c1-17-11-14-23(20(4)28(17)32)31(24-15-12-18(2)29(33)21(24)5)25-9-7-8-10-27(25)35-26-16-13-19(3)30(34)22(26)6/h7-16,32-34H,1-6H3. The van der Waals surface area contributed by atoms with E-state index in [0.717, 1.165) is 33.8 Å². The number of para-hydroxylation sites is 2. The minimum atomic E-state index is 0.204. The van der Waals surface area contributed by atoms with Crippen LogP contribution in [-0.2, 0) is 0 Å². The molecule has 0 saturated heterocycles. The summed E-state index contributed by atoms with van der Waals surface area (Å²) in [5, 5.41) is 32.0. The maximum atomic E-state index is 10.8. The Morgan fingerprint density at radius 1 is 0.486 bits per heavy atom. The molecule has 0 aliphatic rings. The summed E-state index contributed by atoms with van der Waals surface area (Å²) in [6, 6.07) is 18.9. The molecule has 4 aromatic carbocycles. The Bertz CT molecular complexity index is 1370. The third kappa shape index (κ3) is 4.26. The molecular weight excluding hydrogens is 438 g/mol. The zero-order chi connectivity index (χ0) is 25.4. The zero-order valence-electron chi connectivity index (χ0n) is 21.0. The Balaban J connectivity index is 1.97. The van der Waals surface area contributed by atoms with E-state index in [1.807, 2.05) is 107 Å². The van der Waals surface area contributed by atoms with E-state index in [-0.39, 0.29) is 17.2 Å². The van der Waals surface area contributed by atoms with Gasteiger partial charge >= 0.3 is 0 Å². The topological polar surface area (TPSA) is 73.2 Å². The molecule has 0 aliphatic heterocycles. The van der Waals surface area contributed by atoms with E-state index >= 15 is 0 Å². The molecule has 4 rings (SSSR count). The zero-order valence-corrected chi connectivity index (χ0v) is 21.0. The summed E-state index contributed by atoms with van der Waals surface area (Å²) in [5.41, 5.74) is 6.67. The van der Waals surface area contributed by atoms with Crippen molar-refractivity contribution in [1.82, 2.24) is 0 Å². The molecule has 0 saturated carbocycles. The van der Waals surface area contributed by atoms with Crippen LogP contribution in [-0.4, -0.2) is 15.3 Å². The van der Waals surface area contributed by atoms with Gasteiger partial charge in [-0.3, -0.25) is 0 Å². The molecule has 0 bridgehead atoms. The number of aryl methyl sites for hydroxylation is 3. The molecule has 0 aromatic heterocycles. The van der Waals surface area contributed by atoms with Gasteiger partial charge in [0, 0.05) is 16.7 Å². The first-order valence-corrected chi connectivity index (χ1v) is 11.6. The lowest BCUT2D eigenvalue weighted by Crippen LogP contribution is -2.14. The normalized spacial score (nSPS) is 10.9. The fourth-order valence-electron chi connectivity index (χ4n) is 4.30. The predicted molar refractivity (Wildman–Crippen MR) is 141 cm³/mol. The molecule has 180 valence electrons. The molecule has 35 heavy (non-hydrogen) atoms. The van der Waals surface area contributed by atoms with E-state index < -0.39 is 0 Å². The molecule has 0 unspecified atom stereocenters. The van der Waals surface area contributed by atoms with Crippen LogP contribution in [0.1, 0.15) is 33.4 Å². The van der Waals surface area contributed by atoms with Gasteiger partial charge in [-0.25, -0.2) is 0 Å². The van der Waals surface area contributed by atoms with E-state index in [1.165, 1.54) is 0 Å². The number of anilines is 3. The second kappa shape index (κ2) is 9.26. The number of nitrogens with zero attached hydrogens (tertiary/aromatic N) is 1. The van der Waals surface area contributed by atoms with Crippen LogP contribution in [0.4, 0.5) is 17.1 Å². The Hall–Kier alpha value is -4.12. The maximum Gasteiger partial charge on any atom is 0.151 e. The molecule has 3 N–H and O–H groups in total. The van der Waals surface area contributed by atoms with Gasteiger partial charge in [0.05, 0.1) is 17.1 Å². The summed E-state index contributed by atoms with van der Waals surface area (Å²) in [7, 11) is 0. The van der Waals surface area contributed by atoms with Crippen LogP contribution in [0, 0.1) is 41.5 Å². The number of phenols is 3. The van der Waals surface area contributed by atoms with Gasteiger partial charge < -0.3 is 25.0 Å². The highest BCUT2D eigenvalue weighted by Crippen LogP contribution is 2.47. The molecule has 5 heteroatoms. The number of aromatic hydroxyl groups is 3. The number of benzene rings is 4. The van der Waals surface area contributed by atoms with Crippen molar-refractivity contribution in [3.05, 3.63) is 94.0 Å². The fraction of sp³-hybridized carbons (Fsp3) is 0.200. The Morgan fingerprint density at radius 3 is 1.49 bits per heavy atom. The molecule has 0 atom stereocenters. The van der Waals surface area contributed by atoms with Crippen molar-refractivity contribution in [3.63, 3.8) is 0 Å². The van der Waals surface area contributed by atoms with Crippen LogP contribution < -0.4 is 9.64 Å². The lowest BCUT2D eigenvalue weighted by molar-refractivity contribution is 0.445. The van der Waals surface area contributed by atoms with E-state index in [1.54, 1.807) is 0 Å². The van der Waals surface area contributed by atoms with Crippen molar-refractivity contribution in [2.45, 2.75) is 41.5 Å². The van der Waals surface area contributed by atoms with E-state index in [4.69, 9.17) is 4.74 Å². The summed E-state index contributed by atoms with van der Waals surface area (Å²) in [4.78, 5) is 1.99. The van der Waals surface area contributed by atoms with E-state index in [2.05, 4.69) is 0 Å². The highest BCUT2D eigenvalue weighted by Gasteiger charge is 2.24. The quantitative estimate of drug-likeness (QED) is 0.277. The molecule has 0 spiro atoms. The Kier molecular flexibility index (Phi) is 6.35. The predicted octanol–water partition coefficient (Wildman–Crippen LogP) is 7.92. The van der Waals surface area contributed by atoms with Crippen LogP contribution in [0.25, 0.3) is 0 Å². The highest BCUT2D eigenvalue weighted by atomic mass is 16.5. The summed E-state index contributed by atoms with van der Waals surface area (Å²) in [5.74, 6) is 1.76. The molecule has 0 fully saturated rings. The second-order valence-corrected chi connectivity index (χ2v) is 9.01. The summed E-state index contributed by atoms with van der Waals surface area (Å²) < 4.78 is 6.36.